The van der Waals surface area contributed by atoms with Crippen molar-refractivity contribution in [2.75, 3.05) is 11.9 Å². The third-order valence-electron chi connectivity index (χ3n) is 2.64. The third kappa shape index (κ3) is 2.34. The number of para-hydroxylation sites is 1. The third-order valence-corrected chi connectivity index (χ3v) is 2.64. The number of nitrogens with zero attached hydrogens (tertiary/aromatic N) is 1. The molecule has 1 aliphatic rings. The summed E-state index contributed by atoms with van der Waals surface area (Å²) in [6.45, 7) is 0.798. The van der Waals surface area contributed by atoms with Gasteiger partial charge in [-0.2, -0.15) is 0 Å². The van der Waals surface area contributed by atoms with Crippen LogP contribution in [0.5, 0.6) is 0 Å². The van der Waals surface area contributed by atoms with E-state index in [2.05, 4.69) is 5.32 Å². The highest BCUT2D eigenvalue weighted by molar-refractivity contribution is 5.94. The number of anilines is 1. The summed E-state index contributed by atoms with van der Waals surface area (Å²) in [6.07, 6.45) is 1.83. The first-order valence-electron chi connectivity index (χ1n) is 5.14. The quantitative estimate of drug-likeness (QED) is 0.707. The predicted octanol–water partition coefficient (Wildman–Crippen LogP) is 0.963. The molecule has 2 rings (SSSR count). The van der Waals surface area contributed by atoms with Crippen LogP contribution in [0.4, 0.5) is 5.69 Å². The number of carbonyl (C=O) groups excluding carboxylic acids is 1. The smallest absolute Gasteiger partial charge is 0.243 e. The Kier molecular flexibility index (Phi) is 2.99. The normalized spacial score (nSPS) is 21.5. The van der Waals surface area contributed by atoms with E-state index in [0.717, 1.165) is 25.1 Å². The summed E-state index contributed by atoms with van der Waals surface area (Å²) in [5.74, 6) is 5.69. The molecule has 0 radical (unpaired) electrons. The number of hydrogen-bond acceptors (Lipinski definition) is 3. The number of hydrazine groups is 1. The standard InChI is InChI=1S/C11H15N3O/c12-14-8-4-7-10(14)11(15)13-9-5-2-1-3-6-9/h1-3,5-6,10H,4,7-8,12H2,(H,13,15). The Balaban J connectivity index is 1.98. The zero-order chi connectivity index (χ0) is 10.7. The molecule has 0 spiro atoms. The Hall–Kier alpha value is -1.39. The van der Waals surface area contributed by atoms with E-state index in [1.165, 1.54) is 0 Å². The Bertz CT molecular complexity index is 339. The fourth-order valence-electron chi connectivity index (χ4n) is 1.82. The molecule has 80 valence electrons. The molecular formula is C11H15N3O. The molecule has 15 heavy (non-hydrogen) atoms. The molecule has 3 N–H and O–H groups in total. The van der Waals surface area contributed by atoms with Gasteiger partial charge in [-0.1, -0.05) is 18.2 Å². The summed E-state index contributed by atoms with van der Waals surface area (Å²) in [5, 5.41) is 4.46. The molecule has 4 nitrogen and oxygen atoms in total. The van der Waals surface area contributed by atoms with Crippen molar-refractivity contribution in [3.63, 3.8) is 0 Å². The number of rotatable bonds is 2. The van der Waals surface area contributed by atoms with Gasteiger partial charge in [0.2, 0.25) is 5.91 Å². The van der Waals surface area contributed by atoms with Gasteiger partial charge in [0.15, 0.2) is 0 Å². The highest BCUT2D eigenvalue weighted by Gasteiger charge is 2.28. The molecule has 1 aliphatic heterocycles. The summed E-state index contributed by atoms with van der Waals surface area (Å²) < 4.78 is 0. The van der Waals surface area contributed by atoms with Crippen LogP contribution in [0, 0.1) is 0 Å². The Morgan fingerprint density at radius 2 is 2.13 bits per heavy atom. The summed E-state index contributed by atoms with van der Waals surface area (Å²) in [5.41, 5.74) is 0.822. The zero-order valence-electron chi connectivity index (χ0n) is 8.52. The monoisotopic (exact) mass is 205 g/mol. The van der Waals surface area contributed by atoms with Crippen molar-refractivity contribution < 1.29 is 4.79 Å². The van der Waals surface area contributed by atoms with E-state index in [4.69, 9.17) is 5.84 Å². The van der Waals surface area contributed by atoms with Gasteiger partial charge in [0.1, 0.15) is 6.04 Å². The van der Waals surface area contributed by atoms with Crippen molar-refractivity contribution in [3.05, 3.63) is 30.3 Å². The van der Waals surface area contributed by atoms with Crippen molar-refractivity contribution in [1.29, 1.82) is 0 Å². The fraction of sp³-hybridized carbons (Fsp3) is 0.364. The van der Waals surface area contributed by atoms with Crippen LogP contribution in [0.15, 0.2) is 30.3 Å². The highest BCUT2D eigenvalue weighted by Crippen LogP contribution is 2.15. The number of nitrogens with two attached hydrogens (primary N) is 1. The molecule has 1 amide bonds. The minimum absolute atomic E-state index is 0.0128. The number of benzene rings is 1. The summed E-state index contributed by atoms with van der Waals surface area (Å²) >= 11 is 0. The number of carbonyl (C=O) groups is 1. The SMILES string of the molecule is NN1CCCC1C(=O)Nc1ccccc1. The average molecular weight is 205 g/mol. The lowest BCUT2D eigenvalue weighted by molar-refractivity contribution is -0.120. The van der Waals surface area contributed by atoms with E-state index in [1.54, 1.807) is 5.01 Å². The predicted molar refractivity (Wildman–Crippen MR) is 59.0 cm³/mol. The molecule has 1 atom stereocenters. The summed E-state index contributed by atoms with van der Waals surface area (Å²) in [6, 6.07) is 9.27. The van der Waals surface area contributed by atoms with E-state index in [1.807, 2.05) is 30.3 Å². The van der Waals surface area contributed by atoms with Crippen LogP contribution in [-0.2, 0) is 4.79 Å². The van der Waals surface area contributed by atoms with Crippen LogP contribution in [0.1, 0.15) is 12.8 Å². The van der Waals surface area contributed by atoms with Crippen LogP contribution in [-0.4, -0.2) is 23.5 Å². The van der Waals surface area contributed by atoms with Crippen LogP contribution >= 0.6 is 0 Å². The maximum Gasteiger partial charge on any atom is 0.243 e. The van der Waals surface area contributed by atoms with Crippen molar-refractivity contribution in [1.82, 2.24) is 5.01 Å². The van der Waals surface area contributed by atoms with E-state index in [9.17, 15) is 4.79 Å². The van der Waals surface area contributed by atoms with Crippen molar-refractivity contribution in [2.24, 2.45) is 5.84 Å². The molecule has 0 saturated carbocycles. The molecule has 1 aromatic rings. The number of nitrogens with one attached hydrogen (secondary N) is 1. The first-order chi connectivity index (χ1) is 7.27. The van der Waals surface area contributed by atoms with Crippen molar-refractivity contribution in [2.45, 2.75) is 18.9 Å². The van der Waals surface area contributed by atoms with Gasteiger partial charge < -0.3 is 5.32 Å². The summed E-state index contributed by atoms with van der Waals surface area (Å²) in [4.78, 5) is 11.8. The molecule has 1 fully saturated rings. The largest absolute Gasteiger partial charge is 0.325 e. The first kappa shape index (κ1) is 10.1. The van der Waals surface area contributed by atoms with Gasteiger partial charge >= 0.3 is 0 Å². The summed E-state index contributed by atoms with van der Waals surface area (Å²) in [7, 11) is 0. The van der Waals surface area contributed by atoms with E-state index < -0.39 is 0 Å². The second kappa shape index (κ2) is 4.42. The van der Waals surface area contributed by atoms with Gasteiger partial charge in [-0.25, -0.2) is 5.01 Å². The van der Waals surface area contributed by atoms with Crippen LogP contribution in [0.3, 0.4) is 0 Å². The van der Waals surface area contributed by atoms with Crippen LogP contribution < -0.4 is 11.2 Å². The molecular weight excluding hydrogens is 190 g/mol. The molecule has 0 aliphatic carbocycles. The van der Waals surface area contributed by atoms with Gasteiger partial charge in [0, 0.05) is 12.2 Å². The maximum absolute atomic E-state index is 11.8. The lowest BCUT2D eigenvalue weighted by Gasteiger charge is -2.18. The molecule has 1 unspecified atom stereocenters. The number of amides is 1. The average Bonchev–Trinajstić information content (AvgIpc) is 2.66. The fourth-order valence-corrected chi connectivity index (χ4v) is 1.82. The van der Waals surface area contributed by atoms with Crippen molar-refractivity contribution in [3.8, 4) is 0 Å². The van der Waals surface area contributed by atoms with Gasteiger partial charge in [-0.3, -0.25) is 10.6 Å². The zero-order valence-corrected chi connectivity index (χ0v) is 8.52. The minimum Gasteiger partial charge on any atom is -0.325 e. The van der Waals surface area contributed by atoms with Gasteiger partial charge in [-0.15, -0.1) is 0 Å². The second-order valence-electron chi connectivity index (χ2n) is 3.75. The lowest BCUT2D eigenvalue weighted by Crippen LogP contribution is -2.43. The topological polar surface area (TPSA) is 58.4 Å². The molecule has 1 aromatic carbocycles. The molecule has 0 bridgehead atoms. The van der Waals surface area contributed by atoms with Gasteiger partial charge in [0.25, 0.3) is 0 Å². The van der Waals surface area contributed by atoms with E-state index >= 15 is 0 Å². The van der Waals surface area contributed by atoms with Crippen molar-refractivity contribution >= 4 is 11.6 Å². The Morgan fingerprint density at radius 1 is 1.40 bits per heavy atom. The van der Waals surface area contributed by atoms with E-state index in [0.29, 0.717) is 0 Å². The molecule has 1 heterocycles. The van der Waals surface area contributed by atoms with Crippen LogP contribution in [0.25, 0.3) is 0 Å². The molecule has 0 aromatic heterocycles. The molecule has 1 saturated heterocycles. The maximum atomic E-state index is 11.8. The number of hydrogen-bond donors (Lipinski definition) is 2. The van der Waals surface area contributed by atoms with Crippen LogP contribution in [0.2, 0.25) is 0 Å². The molecule has 4 heteroatoms. The Labute approximate surface area is 89.0 Å². The Morgan fingerprint density at radius 3 is 2.73 bits per heavy atom. The van der Waals surface area contributed by atoms with Gasteiger partial charge in [0.05, 0.1) is 0 Å². The second-order valence-corrected chi connectivity index (χ2v) is 3.75. The highest BCUT2D eigenvalue weighted by atomic mass is 16.2. The van der Waals surface area contributed by atoms with E-state index in [-0.39, 0.29) is 11.9 Å². The first-order valence-corrected chi connectivity index (χ1v) is 5.14. The van der Waals surface area contributed by atoms with Gasteiger partial charge in [-0.05, 0) is 25.0 Å². The lowest BCUT2D eigenvalue weighted by atomic mass is 10.2. The minimum atomic E-state index is -0.176.